The molecule has 1 saturated carbocycles. The van der Waals surface area contributed by atoms with Gasteiger partial charge in [0.25, 0.3) is 0 Å². The Hall–Kier alpha value is -3.20. The van der Waals surface area contributed by atoms with E-state index in [0.29, 0.717) is 18.9 Å². The Morgan fingerprint density at radius 1 is 1.09 bits per heavy atom. The Labute approximate surface area is 203 Å². The van der Waals surface area contributed by atoms with Crippen LogP contribution < -0.4 is 0 Å². The molecule has 0 bridgehead atoms. The number of fused-ring (bicyclic) bond motifs is 1. The van der Waals surface area contributed by atoms with Crippen LogP contribution >= 0.6 is 0 Å². The maximum Gasteiger partial charge on any atom is 0.123 e. The summed E-state index contributed by atoms with van der Waals surface area (Å²) in [6.07, 6.45) is 9.23. The molecular weight excluding hydrogens is 421 g/mol. The first kappa shape index (κ1) is 25.4. The summed E-state index contributed by atoms with van der Waals surface area (Å²) in [5.74, 6) is 1.05. The predicted octanol–water partition coefficient (Wildman–Crippen LogP) is 9.23. The van der Waals surface area contributed by atoms with Crippen LogP contribution in [0, 0.1) is 5.82 Å². The van der Waals surface area contributed by atoms with Gasteiger partial charge in [0.05, 0.1) is 23.6 Å². The summed E-state index contributed by atoms with van der Waals surface area (Å²) in [7, 11) is 0. The minimum absolute atomic E-state index is 0.223. The van der Waals surface area contributed by atoms with Gasteiger partial charge in [0.1, 0.15) is 5.82 Å². The van der Waals surface area contributed by atoms with Crippen molar-refractivity contribution in [1.82, 2.24) is 4.98 Å². The lowest BCUT2D eigenvalue weighted by atomic mass is 9.92. The highest BCUT2D eigenvalue weighted by Gasteiger charge is 2.29. The third-order valence-electron chi connectivity index (χ3n) is 5.80. The third kappa shape index (κ3) is 6.44. The second-order valence-electron chi connectivity index (χ2n) is 8.42. The molecule has 0 unspecified atom stereocenters. The molecule has 1 fully saturated rings. The molecule has 2 aromatic carbocycles. The minimum Gasteiger partial charge on any atom is -0.499 e. The number of ether oxygens (including phenoxy) is 1. The SMILES string of the molecule is C=C(CC/C=C/c1c(C2CC2)nc2ccccc2c1-c1ccc(F)cc1)CC(=C)OCC.CC. The van der Waals surface area contributed by atoms with Crippen LogP contribution in [-0.2, 0) is 4.74 Å². The molecule has 0 spiro atoms. The van der Waals surface area contributed by atoms with Crippen molar-refractivity contribution in [1.29, 1.82) is 0 Å². The van der Waals surface area contributed by atoms with Gasteiger partial charge in [-0.3, -0.25) is 4.98 Å². The Morgan fingerprint density at radius 3 is 2.47 bits per heavy atom. The zero-order valence-corrected chi connectivity index (χ0v) is 20.7. The molecule has 34 heavy (non-hydrogen) atoms. The standard InChI is InChI=1S/C29H30FNO.C2H6/c1-4-32-21(3)19-20(2)9-5-6-11-26-28(22-15-17-24(30)18-16-22)25-10-7-8-12-27(25)31-29(26)23-13-14-23;1-2/h6-8,10-12,15-18,23H,2-5,9,13-14,19H2,1H3;1-2H3/b11-6+;. The lowest BCUT2D eigenvalue weighted by Gasteiger charge is -2.15. The van der Waals surface area contributed by atoms with Crippen molar-refractivity contribution in [3.8, 4) is 11.1 Å². The Balaban J connectivity index is 0.00000158. The van der Waals surface area contributed by atoms with Gasteiger partial charge in [0.2, 0.25) is 0 Å². The molecule has 3 heteroatoms. The van der Waals surface area contributed by atoms with Gasteiger partial charge in [0, 0.05) is 28.9 Å². The molecule has 0 atom stereocenters. The minimum atomic E-state index is -0.223. The highest BCUT2D eigenvalue weighted by Crippen LogP contribution is 2.45. The number of allylic oxidation sites excluding steroid dienone is 2. The summed E-state index contributed by atoms with van der Waals surface area (Å²) in [4.78, 5) is 5.04. The number of aromatic nitrogens is 1. The van der Waals surface area contributed by atoms with Gasteiger partial charge in [-0.05, 0) is 56.4 Å². The molecule has 0 aliphatic heterocycles. The van der Waals surface area contributed by atoms with Crippen molar-refractivity contribution in [2.45, 2.75) is 58.8 Å². The van der Waals surface area contributed by atoms with Crippen LogP contribution in [0.4, 0.5) is 4.39 Å². The summed E-state index contributed by atoms with van der Waals surface area (Å²) >= 11 is 0. The van der Waals surface area contributed by atoms with Crippen LogP contribution in [0.15, 0.2) is 79.1 Å². The van der Waals surface area contributed by atoms with E-state index in [1.807, 2.05) is 45.0 Å². The van der Waals surface area contributed by atoms with E-state index in [1.165, 1.54) is 25.0 Å². The zero-order chi connectivity index (χ0) is 24.5. The van der Waals surface area contributed by atoms with Crippen LogP contribution in [-0.4, -0.2) is 11.6 Å². The van der Waals surface area contributed by atoms with E-state index >= 15 is 0 Å². The summed E-state index contributed by atoms with van der Waals surface area (Å²) in [5, 5.41) is 1.10. The molecule has 2 nitrogen and oxygen atoms in total. The number of hydrogen-bond donors (Lipinski definition) is 0. The lowest BCUT2D eigenvalue weighted by molar-refractivity contribution is 0.224. The summed E-state index contributed by atoms with van der Waals surface area (Å²) < 4.78 is 19.1. The van der Waals surface area contributed by atoms with Crippen molar-refractivity contribution in [2.24, 2.45) is 0 Å². The molecule has 1 aliphatic carbocycles. The van der Waals surface area contributed by atoms with Gasteiger partial charge in [-0.25, -0.2) is 4.39 Å². The fourth-order valence-corrected chi connectivity index (χ4v) is 4.12. The van der Waals surface area contributed by atoms with Crippen LogP contribution in [0.2, 0.25) is 0 Å². The fourth-order valence-electron chi connectivity index (χ4n) is 4.12. The van der Waals surface area contributed by atoms with Gasteiger partial charge in [0.15, 0.2) is 0 Å². The molecule has 1 heterocycles. The van der Waals surface area contributed by atoms with E-state index in [-0.39, 0.29) is 5.82 Å². The van der Waals surface area contributed by atoms with Crippen molar-refractivity contribution in [2.75, 3.05) is 6.61 Å². The fraction of sp³-hybridized carbons (Fsp3) is 0.323. The largest absolute Gasteiger partial charge is 0.499 e. The Bertz CT molecular complexity index is 1160. The molecule has 0 amide bonds. The molecule has 0 N–H and O–H groups in total. The Morgan fingerprint density at radius 2 is 1.79 bits per heavy atom. The smallest absolute Gasteiger partial charge is 0.123 e. The second-order valence-corrected chi connectivity index (χ2v) is 8.42. The molecule has 3 aromatic rings. The highest BCUT2D eigenvalue weighted by molar-refractivity contribution is 5.99. The molecule has 0 saturated heterocycles. The first-order valence-corrected chi connectivity index (χ1v) is 12.4. The number of halogens is 1. The number of rotatable bonds is 10. The maximum atomic E-state index is 13.6. The monoisotopic (exact) mass is 457 g/mol. The van der Waals surface area contributed by atoms with E-state index in [9.17, 15) is 4.39 Å². The molecule has 4 rings (SSSR count). The summed E-state index contributed by atoms with van der Waals surface area (Å²) in [6.45, 7) is 14.7. The maximum absolute atomic E-state index is 13.6. The van der Waals surface area contributed by atoms with Crippen LogP contribution in [0.3, 0.4) is 0 Å². The average Bonchev–Trinajstić information content (AvgIpc) is 3.69. The summed E-state index contributed by atoms with van der Waals surface area (Å²) in [6, 6.07) is 15.0. The number of para-hydroxylation sites is 1. The highest BCUT2D eigenvalue weighted by atomic mass is 19.1. The zero-order valence-electron chi connectivity index (χ0n) is 20.7. The number of nitrogens with zero attached hydrogens (tertiary/aromatic N) is 1. The second kappa shape index (κ2) is 12.3. The van der Waals surface area contributed by atoms with Crippen molar-refractivity contribution in [3.05, 3.63) is 96.2 Å². The van der Waals surface area contributed by atoms with E-state index in [2.05, 4.69) is 37.4 Å². The van der Waals surface area contributed by atoms with Crippen LogP contribution in [0.5, 0.6) is 0 Å². The topological polar surface area (TPSA) is 22.1 Å². The van der Waals surface area contributed by atoms with Gasteiger partial charge in [-0.15, -0.1) is 0 Å². The van der Waals surface area contributed by atoms with E-state index in [4.69, 9.17) is 9.72 Å². The van der Waals surface area contributed by atoms with Crippen LogP contribution in [0.1, 0.15) is 70.1 Å². The van der Waals surface area contributed by atoms with Crippen molar-refractivity contribution >= 4 is 17.0 Å². The van der Waals surface area contributed by atoms with Crippen molar-refractivity contribution < 1.29 is 9.13 Å². The van der Waals surface area contributed by atoms with E-state index in [1.54, 1.807) is 0 Å². The van der Waals surface area contributed by atoms with Gasteiger partial charge >= 0.3 is 0 Å². The third-order valence-corrected chi connectivity index (χ3v) is 5.80. The van der Waals surface area contributed by atoms with Gasteiger partial charge in [-0.1, -0.05) is 75.1 Å². The van der Waals surface area contributed by atoms with E-state index < -0.39 is 0 Å². The molecule has 178 valence electrons. The average molecular weight is 458 g/mol. The van der Waals surface area contributed by atoms with Gasteiger partial charge < -0.3 is 4.74 Å². The summed E-state index contributed by atoms with van der Waals surface area (Å²) in [5.41, 5.74) is 6.57. The number of benzene rings is 2. The normalized spacial score (nSPS) is 12.9. The first-order valence-electron chi connectivity index (χ1n) is 12.4. The molecule has 1 aliphatic rings. The predicted molar refractivity (Wildman–Crippen MR) is 143 cm³/mol. The van der Waals surface area contributed by atoms with E-state index in [0.717, 1.165) is 57.5 Å². The Kier molecular flexibility index (Phi) is 9.21. The van der Waals surface area contributed by atoms with Crippen molar-refractivity contribution in [3.63, 3.8) is 0 Å². The lowest BCUT2D eigenvalue weighted by Crippen LogP contribution is -1.98. The number of pyridine rings is 1. The molecule has 0 radical (unpaired) electrons. The number of hydrogen-bond acceptors (Lipinski definition) is 2. The quantitative estimate of drug-likeness (QED) is 0.223. The molecule has 1 aromatic heterocycles. The van der Waals surface area contributed by atoms with Crippen LogP contribution in [0.25, 0.3) is 28.1 Å². The first-order chi connectivity index (χ1) is 16.6. The van der Waals surface area contributed by atoms with Gasteiger partial charge in [-0.2, -0.15) is 0 Å². The molecular formula is C31H36FNO.